The Morgan fingerprint density at radius 2 is 1.76 bits per heavy atom. The molecular formula is C17H21BrNO2+. The lowest BCUT2D eigenvalue weighted by atomic mass is 10.1. The second kappa shape index (κ2) is 8.17. The molecule has 0 aromatic heterocycles. The fourth-order valence-corrected chi connectivity index (χ4v) is 2.36. The second-order valence-corrected chi connectivity index (χ2v) is 6.06. The summed E-state index contributed by atoms with van der Waals surface area (Å²) in [6.45, 7) is 2.16. The van der Waals surface area contributed by atoms with Crippen molar-refractivity contribution in [3.63, 3.8) is 0 Å². The highest BCUT2D eigenvalue weighted by molar-refractivity contribution is 9.10. The lowest BCUT2D eigenvalue weighted by Gasteiger charge is -2.18. The van der Waals surface area contributed by atoms with Gasteiger partial charge in [-0.1, -0.05) is 46.3 Å². The minimum atomic E-state index is -0.432. The zero-order valence-electron chi connectivity index (χ0n) is 12.1. The summed E-state index contributed by atoms with van der Waals surface area (Å²) in [7, 11) is 2.07. The largest absolute Gasteiger partial charge is 0.488 e. The van der Waals surface area contributed by atoms with Crippen LogP contribution in [0, 0.1) is 0 Å². The smallest absolute Gasteiger partial charge is 0.137 e. The molecule has 2 rings (SSSR count). The zero-order valence-corrected chi connectivity index (χ0v) is 13.7. The molecule has 0 radical (unpaired) electrons. The molecule has 0 aliphatic carbocycles. The van der Waals surface area contributed by atoms with Gasteiger partial charge < -0.3 is 14.7 Å². The summed E-state index contributed by atoms with van der Waals surface area (Å²) in [5.41, 5.74) is 0.964. The van der Waals surface area contributed by atoms with Crippen LogP contribution in [0.15, 0.2) is 59.1 Å². The van der Waals surface area contributed by atoms with Crippen molar-refractivity contribution in [1.82, 2.24) is 0 Å². The molecule has 112 valence electrons. The van der Waals surface area contributed by atoms with Crippen LogP contribution in [0.4, 0.5) is 0 Å². The molecule has 2 N–H and O–H groups in total. The van der Waals surface area contributed by atoms with E-state index >= 15 is 0 Å². The molecule has 0 saturated carbocycles. The van der Waals surface area contributed by atoms with E-state index in [0.717, 1.165) is 22.3 Å². The summed E-state index contributed by atoms with van der Waals surface area (Å²) in [5, 5.41) is 10.2. The Hall–Kier alpha value is -1.36. The predicted octanol–water partition coefficient (Wildman–Crippen LogP) is 2.08. The van der Waals surface area contributed by atoms with Crippen LogP contribution in [0.3, 0.4) is 0 Å². The van der Waals surface area contributed by atoms with Gasteiger partial charge in [0.25, 0.3) is 0 Å². The van der Waals surface area contributed by atoms with E-state index in [1.165, 1.54) is 4.90 Å². The van der Waals surface area contributed by atoms with Crippen LogP contribution < -0.4 is 9.64 Å². The Labute approximate surface area is 134 Å². The fourth-order valence-electron chi connectivity index (χ4n) is 2.10. The number of hydrogen-bond acceptors (Lipinski definition) is 2. The van der Waals surface area contributed by atoms with E-state index in [4.69, 9.17) is 4.74 Å². The minimum absolute atomic E-state index is 0.432. The Bertz CT molecular complexity index is 530. The van der Waals surface area contributed by atoms with Crippen molar-refractivity contribution < 1.29 is 14.7 Å². The third-order valence-electron chi connectivity index (χ3n) is 3.34. The molecule has 0 aliphatic heterocycles. The maximum Gasteiger partial charge on any atom is 0.137 e. The van der Waals surface area contributed by atoms with Gasteiger partial charge >= 0.3 is 0 Å². The molecule has 0 amide bonds. The van der Waals surface area contributed by atoms with Crippen LogP contribution in [-0.2, 0) is 0 Å². The maximum atomic E-state index is 10.2. The molecule has 0 spiro atoms. The van der Waals surface area contributed by atoms with Crippen molar-refractivity contribution in [2.45, 2.75) is 6.10 Å². The number of quaternary nitrogens is 1. The molecule has 2 aromatic rings. The van der Waals surface area contributed by atoms with Gasteiger partial charge in [0.15, 0.2) is 0 Å². The number of hydrogen-bond donors (Lipinski definition) is 2. The number of likely N-dealkylation sites (N-methyl/N-ethyl adjacent to an activating group) is 1. The quantitative estimate of drug-likeness (QED) is 0.801. The summed E-state index contributed by atoms with van der Waals surface area (Å²) < 4.78 is 6.74. The van der Waals surface area contributed by atoms with Crippen LogP contribution in [0.2, 0.25) is 0 Å². The van der Waals surface area contributed by atoms with E-state index in [9.17, 15) is 5.11 Å². The van der Waals surface area contributed by atoms with E-state index in [1.807, 2.05) is 54.6 Å². The van der Waals surface area contributed by atoms with Gasteiger partial charge in [-0.25, -0.2) is 0 Å². The molecule has 2 aromatic carbocycles. The Balaban J connectivity index is 1.72. The van der Waals surface area contributed by atoms with Crippen molar-refractivity contribution in [2.24, 2.45) is 0 Å². The van der Waals surface area contributed by atoms with Gasteiger partial charge in [0.05, 0.1) is 7.05 Å². The number of ether oxygens (including phenoxy) is 1. The van der Waals surface area contributed by atoms with E-state index in [2.05, 4.69) is 23.0 Å². The monoisotopic (exact) mass is 350 g/mol. The third kappa shape index (κ3) is 5.50. The molecule has 0 aliphatic rings. The van der Waals surface area contributed by atoms with E-state index in [0.29, 0.717) is 13.2 Å². The van der Waals surface area contributed by atoms with Crippen LogP contribution in [0.25, 0.3) is 0 Å². The number of halogens is 1. The molecule has 3 nitrogen and oxygen atoms in total. The minimum Gasteiger partial charge on any atom is -0.488 e. The number of aliphatic hydroxyl groups excluding tert-OH is 1. The average molecular weight is 351 g/mol. The van der Waals surface area contributed by atoms with Crippen molar-refractivity contribution in [1.29, 1.82) is 0 Å². The molecule has 0 heterocycles. The fraction of sp³-hybridized carbons (Fsp3) is 0.294. The second-order valence-electron chi connectivity index (χ2n) is 5.14. The zero-order chi connectivity index (χ0) is 15.1. The Morgan fingerprint density at radius 3 is 2.43 bits per heavy atom. The topological polar surface area (TPSA) is 33.9 Å². The molecule has 0 saturated heterocycles. The SMILES string of the molecule is C[NH+](CCOc1ccc(Br)cc1)C[C@@H](O)c1ccccc1. The Kier molecular flexibility index (Phi) is 6.23. The molecular weight excluding hydrogens is 330 g/mol. The number of rotatable bonds is 7. The summed E-state index contributed by atoms with van der Waals surface area (Å²) >= 11 is 3.40. The lowest BCUT2D eigenvalue weighted by Crippen LogP contribution is -3.10. The first-order chi connectivity index (χ1) is 10.1. The standard InChI is InChI=1S/C17H20BrNO2/c1-19(13-17(20)14-5-3-2-4-6-14)11-12-21-16-9-7-15(18)8-10-16/h2-10,17,20H,11-13H2,1H3/p+1/t17-/m1/s1. The first-order valence-electron chi connectivity index (χ1n) is 7.08. The van der Waals surface area contributed by atoms with Crippen LogP contribution in [0.5, 0.6) is 5.75 Å². The van der Waals surface area contributed by atoms with Gasteiger partial charge in [-0.2, -0.15) is 0 Å². The van der Waals surface area contributed by atoms with Crippen molar-refractivity contribution in [3.8, 4) is 5.75 Å². The first kappa shape index (κ1) is 16.0. The van der Waals surface area contributed by atoms with Gasteiger partial charge in [0.1, 0.15) is 31.5 Å². The van der Waals surface area contributed by atoms with Crippen molar-refractivity contribution >= 4 is 15.9 Å². The molecule has 4 heteroatoms. The number of benzene rings is 2. The van der Waals surface area contributed by atoms with E-state index in [1.54, 1.807) is 0 Å². The average Bonchev–Trinajstić information content (AvgIpc) is 2.50. The highest BCUT2D eigenvalue weighted by Crippen LogP contribution is 2.15. The summed E-state index contributed by atoms with van der Waals surface area (Å²) in [5.74, 6) is 0.870. The summed E-state index contributed by atoms with van der Waals surface area (Å²) in [6.07, 6.45) is -0.432. The summed E-state index contributed by atoms with van der Waals surface area (Å²) in [6, 6.07) is 17.6. The predicted molar refractivity (Wildman–Crippen MR) is 87.7 cm³/mol. The first-order valence-corrected chi connectivity index (χ1v) is 7.87. The molecule has 21 heavy (non-hydrogen) atoms. The maximum absolute atomic E-state index is 10.2. The number of nitrogens with one attached hydrogen (secondary N) is 1. The van der Waals surface area contributed by atoms with Gasteiger partial charge in [-0.15, -0.1) is 0 Å². The van der Waals surface area contributed by atoms with Crippen LogP contribution in [-0.4, -0.2) is 31.9 Å². The van der Waals surface area contributed by atoms with Gasteiger partial charge in [0.2, 0.25) is 0 Å². The van der Waals surface area contributed by atoms with Crippen LogP contribution >= 0.6 is 15.9 Å². The highest BCUT2D eigenvalue weighted by atomic mass is 79.9. The highest BCUT2D eigenvalue weighted by Gasteiger charge is 2.13. The van der Waals surface area contributed by atoms with Crippen molar-refractivity contribution in [2.75, 3.05) is 26.7 Å². The number of aliphatic hydroxyl groups is 1. The third-order valence-corrected chi connectivity index (χ3v) is 3.87. The van der Waals surface area contributed by atoms with E-state index < -0.39 is 6.10 Å². The molecule has 0 bridgehead atoms. The lowest BCUT2D eigenvalue weighted by molar-refractivity contribution is -0.883. The normalized spacial score (nSPS) is 13.7. The van der Waals surface area contributed by atoms with Gasteiger partial charge in [0, 0.05) is 4.47 Å². The van der Waals surface area contributed by atoms with Gasteiger partial charge in [-0.05, 0) is 29.8 Å². The summed E-state index contributed by atoms with van der Waals surface area (Å²) in [4.78, 5) is 1.24. The van der Waals surface area contributed by atoms with Crippen molar-refractivity contribution in [3.05, 3.63) is 64.6 Å². The van der Waals surface area contributed by atoms with Gasteiger partial charge in [-0.3, -0.25) is 0 Å². The van der Waals surface area contributed by atoms with E-state index in [-0.39, 0.29) is 0 Å². The van der Waals surface area contributed by atoms with Crippen LogP contribution in [0.1, 0.15) is 11.7 Å². The molecule has 0 fully saturated rings. The molecule has 1 unspecified atom stereocenters. The molecule has 2 atom stereocenters. The Morgan fingerprint density at radius 1 is 1.10 bits per heavy atom.